The summed E-state index contributed by atoms with van der Waals surface area (Å²) in [6, 6.07) is 12.7. The fourth-order valence-corrected chi connectivity index (χ4v) is 3.73. The number of thioether (sulfide) groups is 1. The predicted octanol–water partition coefficient (Wildman–Crippen LogP) is 2.40. The van der Waals surface area contributed by atoms with Gasteiger partial charge >= 0.3 is 0 Å². The molecule has 1 amide bonds. The summed E-state index contributed by atoms with van der Waals surface area (Å²) in [5.41, 5.74) is 1.21. The molecule has 1 aliphatic heterocycles. The van der Waals surface area contributed by atoms with Crippen LogP contribution in [0.2, 0.25) is 0 Å². The van der Waals surface area contributed by atoms with E-state index in [1.165, 1.54) is 29.2 Å². The monoisotopic (exact) mass is 389 g/mol. The average molecular weight is 389 g/mol. The molecule has 1 aliphatic rings. The molecule has 134 valence electrons. The molecule has 9 heteroatoms. The normalized spacial score (nSPS) is 16.4. The highest BCUT2D eigenvalue weighted by Crippen LogP contribution is 2.35. The second-order valence-electron chi connectivity index (χ2n) is 5.37. The van der Waals surface area contributed by atoms with E-state index < -0.39 is 10.0 Å². The molecule has 3 N–H and O–H groups in total. The second-order valence-corrected chi connectivity index (χ2v) is 7.96. The van der Waals surface area contributed by atoms with Crippen LogP contribution >= 0.6 is 11.8 Å². The SMILES string of the molecule is COc1ccc(/C=C2\SC(=N)N(c3ccc(S(N)(=O)=O)cc3)C2=O)cc1. The van der Waals surface area contributed by atoms with E-state index >= 15 is 0 Å². The van der Waals surface area contributed by atoms with E-state index in [0.29, 0.717) is 16.3 Å². The summed E-state index contributed by atoms with van der Waals surface area (Å²) in [5, 5.41) is 13.2. The first-order chi connectivity index (χ1) is 12.3. The van der Waals surface area contributed by atoms with Crippen LogP contribution in [-0.4, -0.2) is 26.6 Å². The number of nitrogens with zero attached hydrogens (tertiary/aromatic N) is 1. The van der Waals surface area contributed by atoms with Gasteiger partial charge in [-0.25, -0.2) is 13.6 Å². The number of primary sulfonamides is 1. The Balaban J connectivity index is 1.87. The maximum Gasteiger partial charge on any atom is 0.271 e. The van der Waals surface area contributed by atoms with Gasteiger partial charge in [0.25, 0.3) is 5.91 Å². The zero-order chi connectivity index (χ0) is 18.9. The topological polar surface area (TPSA) is 114 Å². The Bertz CT molecular complexity index is 997. The summed E-state index contributed by atoms with van der Waals surface area (Å²) < 4.78 is 27.8. The number of sulfonamides is 1. The Morgan fingerprint density at radius 2 is 1.73 bits per heavy atom. The number of methoxy groups -OCH3 is 1. The van der Waals surface area contributed by atoms with E-state index in [0.717, 1.165) is 17.3 Å². The molecule has 0 aliphatic carbocycles. The van der Waals surface area contributed by atoms with Gasteiger partial charge in [0.2, 0.25) is 10.0 Å². The van der Waals surface area contributed by atoms with E-state index in [-0.39, 0.29) is 16.0 Å². The Labute approximate surface area is 155 Å². The third kappa shape index (κ3) is 3.64. The highest BCUT2D eigenvalue weighted by molar-refractivity contribution is 8.19. The smallest absolute Gasteiger partial charge is 0.271 e. The molecule has 0 bridgehead atoms. The number of amidine groups is 1. The molecule has 2 aromatic rings. The lowest BCUT2D eigenvalue weighted by Crippen LogP contribution is -2.28. The highest BCUT2D eigenvalue weighted by Gasteiger charge is 2.33. The third-order valence-corrected chi connectivity index (χ3v) is 5.48. The minimum Gasteiger partial charge on any atom is -0.497 e. The molecule has 0 unspecified atom stereocenters. The van der Waals surface area contributed by atoms with Gasteiger partial charge in [-0.1, -0.05) is 12.1 Å². The molecule has 0 saturated carbocycles. The lowest BCUT2D eigenvalue weighted by molar-refractivity contribution is -0.113. The van der Waals surface area contributed by atoms with E-state index in [1.54, 1.807) is 25.3 Å². The molecule has 26 heavy (non-hydrogen) atoms. The van der Waals surface area contributed by atoms with Gasteiger partial charge in [0.15, 0.2) is 5.17 Å². The Morgan fingerprint density at radius 3 is 2.27 bits per heavy atom. The lowest BCUT2D eigenvalue weighted by Gasteiger charge is -2.14. The molecule has 0 spiro atoms. The molecule has 1 fully saturated rings. The van der Waals surface area contributed by atoms with Crippen molar-refractivity contribution in [3.63, 3.8) is 0 Å². The Hall–Kier alpha value is -2.62. The van der Waals surface area contributed by atoms with Gasteiger partial charge in [0.05, 0.1) is 22.6 Å². The summed E-state index contributed by atoms with van der Waals surface area (Å²) in [6.45, 7) is 0. The first-order valence-electron chi connectivity index (χ1n) is 7.39. The standard InChI is InChI=1S/C17H15N3O4S2/c1-24-13-6-2-11(3-7-13)10-15-16(21)20(17(18)25-15)12-4-8-14(9-5-12)26(19,22)23/h2-10,18H,1H3,(H2,19,22,23)/b15-10-,18-17?. The molecule has 0 atom stereocenters. The minimum absolute atomic E-state index is 0.0399. The van der Waals surface area contributed by atoms with Crippen LogP contribution in [0.1, 0.15) is 5.56 Å². The lowest BCUT2D eigenvalue weighted by atomic mass is 10.2. The fraction of sp³-hybridized carbons (Fsp3) is 0.0588. The molecule has 2 aromatic carbocycles. The Morgan fingerprint density at radius 1 is 1.12 bits per heavy atom. The number of benzene rings is 2. The van der Waals surface area contributed by atoms with Gasteiger partial charge in [-0.2, -0.15) is 0 Å². The van der Waals surface area contributed by atoms with Gasteiger partial charge in [0, 0.05) is 0 Å². The van der Waals surface area contributed by atoms with E-state index in [1.807, 2.05) is 12.1 Å². The van der Waals surface area contributed by atoms with Crippen molar-refractivity contribution in [2.75, 3.05) is 12.0 Å². The zero-order valence-electron chi connectivity index (χ0n) is 13.7. The van der Waals surface area contributed by atoms with Crippen LogP contribution < -0.4 is 14.8 Å². The maximum absolute atomic E-state index is 12.7. The molecule has 7 nitrogen and oxygen atoms in total. The number of hydrogen-bond acceptors (Lipinski definition) is 6. The largest absolute Gasteiger partial charge is 0.497 e. The summed E-state index contributed by atoms with van der Waals surface area (Å²) in [7, 11) is -2.24. The first kappa shape index (κ1) is 18.2. The van der Waals surface area contributed by atoms with Crippen molar-refractivity contribution in [2.24, 2.45) is 5.14 Å². The van der Waals surface area contributed by atoms with Crippen LogP contribution in [0.25, 0.3) is 6.08 Å². The van der Waals surface area contributed by atoms with Gasteiger partial charge in [-0.05, 0) is 59.8 Å². The van der Waals surface area contributed by atoms with Crippen molar-refractivity contribution < 1.29 is 17.9 Å². The van der Waals surface area contributed by atoms with Crippen LogP contribution in [0.5, 0.6) is 5.75 Å². The number of carbonyl (C=O) groups excluding carboxylic acids is 1. The van der Waals surface area contributed by atoms with E-state index in [9.17, 15) is 13.2 Å². The number of anilines is 1. The van der Waals surface area contributed by atoms with Gasteiger partial charge in [-0.15, -0.1) is 0 Å². The summed E-state index contributed by atoms with van der Waals surface area (Å²) in [4.78, 5) is 14.2. The van der Waals surface area contributed by atoms with Crippen molar-refractivity contribution in [3.05, 3.63) is 59.0 Å². The van der Waals surface area contributed by atoms with Gasteiger partial charge in [-0.3, -0.25) is 15.1 Å². The van der Waals surface area contributed by atoms with Crippen LogP contribution in [0.4, 0.5) is 5.69 Å². The number of rotatable bonds is 4. The molecule has 0 aromatic heterocycles. The number of hydrogen-bond donors (Lipinski definition) is 2. The average Bonchev–Trinajstić information content (AvgIpc) is 2.88. The van der Waals surface area contributed by atoms with E-state index in [4.69, 9.17) is 15.3 Å². The number of carbonyl (C=O) groups is 1. The highest BCUT2D eigenvalue weighted by atomic mass is 32.2. The summed E-state index contributed by atoms with van der Waals surface area (Å²) in [6.07, 6.45) is 1.69. The summed E-state index contributed by atoms with van der Waals surface area (Å²) in [5.74, 6) is 0.362. The van der Waals surface area contributed by atoms with Gasteiger partial charge < -0.3 is 4.74 Å². The van der Waals surface area contributed by atoms with Crippen molar-refractivity contribution in [3.8, 4) is 5.75 Å². The zero-order valence-corrected chi connectivity index (χ0v) is 15.3. The van der Waals surface area contributed by atoms with Crippen LogP contribution in [0.15, 0.2) is 58.3 Å². The molecule has 1 saturated heterocycles. The van der Waals surface area contributed by atoms with E-state index in [2.05, 4.69) is 0 Å². The first-order valence-corrected chi connectivity index (χ1v) is 9.75. The third-order valence-electron chi connectivity index (χ3n) is 3.66. The van der Waals surface area contributed by atoms with Gasteiger partial charge in [0.1, 0.15) is 5.75 Å². The predicted molar refractivity (Wildman–Crippen MR) is 102 cm³/mol. The minimum atomic E-state index is -3.81. The maximum atomic E-state index is 12.7. The van der Waals surface area contributed by atoms with Crippen molar-refractivity contribution in [1.82, 2.24) is 0 Å². The van der Waals surface area contributed by atoms with Crippen LogP contribution in [0, 0.1) is 5.41 Å². The quantitative estimate of drug-likeness (QED) is 0.780. The molecule has 3 rings (SSSR count). The second kappa shape index (κ2) is 6.94. The summed E-state index contributed by atoms with van der Waals surface area (Å²) >= 11 is 1.04. The Kier molecular flexibility index (Phi) is 4.86. The number of nitrogens with two attached hydrogens (primary N) is 1. The van der Waals surface area contributed by atoms with Crippen molar-refractivity contribution in [2.45, 2.75) is 4.90 Å². The molecule has 1 heterocycles. The fourth-order valence-electron chi connectivity index (χ4n) is 2.36. The van der Waals surface area contributed by atoms with Crippen molar-refractivity contribution >= 4 is 44.6 Å². The van der Waals surface area contributed by atoms with Crippen LogP contribution in [-0.2, 0) is 14.8 Å². The molecular formula is C17H15N3O4S2. The van der Waals surface area contributed by atoms with Crippen LogP contribution in [0.3, 0.4) is 0 Å². The number of amides is 1. The molecular weight excluding hydrogens is 374 g/mol. The van der Waals surface area contributed by atoms with Crippen molar-refractivity contribution in [1.29, 1.82) is 5.41 Å². The number of nitrogens with one attached hydrogen (secondary N) is 1. The number of ether oxygens (including phenoxy) is 1. The molecule has 0 radical (unpaired) electrons.